The number of sulfone groups is 1. The molecule has 0 bridgehead atoms. The molecule has 0 saturated carbocycles. The Hall–Kier alpha value is -0.160. The van der Waals surface area contributed by atoms with Gasteiger partial charge in [-0.15, -0.1) is 0 Å². The number of nitrogens with one attached hydrogen (secondary N) is 1. The molecule has 0 aromatic rings. The van der Waals surface area contributed by atoms with Gasteiger partial charge >= 0.3 is 0 Å². The molecule has 0 aliphatic carbocycles. The van der Waals surface area contributed by atoms with Gasteiger partial charge in [-0.2, -0.15) is 0 Å². The quantitative estimate of drug-likeness (QED) is 0.765. The molecular weight excluding hydrogens is 205 g/mol. The van der Waals surface area contributed by atoms with E-state index in [1.165, 1.54) is 6.92 Å². The fourth-order valence-electron chi connectivity index (χ4n) is 2.08. The highest BCUT2D eigenvalue weighted by molar-refractivity contribution is 7.91. The molecule has 1 aliphatic heterocycles. The van der Waals surface area contributed by atoms with Gasteiger partial charge in [-0.25, -0.2) is 12.8 Å². The van der Waals surface area contributed by atoms with Gasteiger partial charge in [-0.1, -0.05) is 0 Å². The van der Waals surface area contributed by atoms with E-state index in [1.807, 2.05) is 0 Å². The van der Waals surface area contributed by atoms with E-state index in [4.69, 9.17) is 0 Å². The van der Waals surface area contributed by atoms with Crippen molar-refractivity contribution in [1.29, 1.82) is 0 Å². The predicted molar refractivity (Wildman–Crippen MR) is 54.8 cm³/mol. The highest BCUT2D eigenvalue weighted by atomic mass is 32.2. The molecule has 1 rings (SSSR count). The minimum absolute atomic E-state index is 0.00310. The van der Waals surface area contributed by atoms with Gasteiger partial charge in [0.2, 0.25) is 0 Å². The fourth-order valence-corrected chi connectivity index (χ4v) is 3.94. The normalized spacial score (nSPS) is 30.1. The van der Waals surface area contributed by atoms with E-state index in [0.29, 0.717) is 12.8 Å². The number of halogens is 1. The fraction of sp³-hybridized carbons (Fsp3) is 1.00. The summed E-state index contributed by atoms with van der Waals surface area (Å²) >= 11 is 0. The lowest BCUT2D eigenvalue weighted by Gasteiger charge is -2.22. The van der Waals surface area contributed by atoms with Crippen LogP contribution in [0.1, 0.15) is 19.8 Å². The largest absolute Gasteiger partial charge is 0.317 e. The summed E-state index contributed by atoms with van der Waals surface area (Å²) in [7, 11) is -1.17. The summed E-state index contributed by atoms with van der Waals surface area (Å²) in [5.74, 6) is 0.395. The van der Waals surface area contributed by atoms with Crippen LogP contribution in [0.4, 0.5) is 4.39 Å². The third-order valence-corrected chi connectivity index (χ3v) is 4.42. The van der Waals surface area contributed by atoms with Crippen LogP contribution in [-0.2, 0) is 9.84 Å². The highest BCUT2D eigenvalue weighted by Crippen LogP contribution is 2.28. The molecule has 1 saturated heterocycles. The van der Waals surface area contributed by atoms with Crippen LogP contribution in [0.5, 0.6) is 0 Å². The Bertz CT molecular complexity index is 287. The summed E-state index contributed by atoms with van der Waals surface area (Å²) < 4.78 is 36.0. The molecule has 1 heterocycles. The van der Waals surface area contributed by atoms with Crippen molar-refractivity contribution in [2.45, 2.75) is 25.4 Å². The number of hydrogen-bond donors (Lipinski definition) is 1. The van der Waals surface area contributed by atoms with Crippen molar-refractivity contribution in [3.05, 3.63) is 0 Å². The average molecular weight is 223 g/mol. The summed E-state index contributed by atoms with van der Waals surface area (Å²) in [6.07, 6.45) is 0.957. The van der Waals surface area contributed by atoms with Crippen molar-refractivity contribution in [2.75, 3.05) is 25.1 Å². The van der Waals surface area contributed by atoms with Crippen LogP contribution in [0.2, 0.25) is 0 Å². The molecule has 84 valence electrons. The molecule has 3 nitrogen and oxygen atoms in total. The second kappa shape index (κ2) is 4.14. The smallest absolute Gasteiger partial charge is 0.150 e. The predicted octanol–water partition coefficient (Wildman–Crippen LogP) is 0.759. The molecule has 2 unspecified atom stereocenters. The van der Waals surface area contributed by atoms with Crippen molar-refractivity contribution in [1.82, 2.24) is 5.32 Å². The van der Waals surface area contributed by atoms with Gasteiger partial charge in [0.1, 0.15) is 5.67 Å². The second-order valence-electron chi connectivity index (χ2n) is 4.42. The van der Waals surface area contributed by atoms with Crippen molar-refractivity contribution in [3.8, 4) is 0 Å². The first kappa shape index (κ1) is 11.9. The number of hydrogen-bond acceptors (Lipinski definition) is 3. The maximum Gasteiger partial charge on any atom is 0.150 e. The van der Waals surface area contributed by atoms with Gasteiger partial charge in [0, 0.05) is 6.54 Å². The summed E-state index contributed by atoms with van der Waals surface area (Å²) in [5.41, 5.74) is -1.29. The second-order valence-corrected chi connectivity index (χ2v) is 6.65. The van der Waals surface area contributed by atoms with E-state index in [2.05, 4.69) is 5.32 Å². The molecule has 5 heteroatoms. The van der Waals surface area contributed by atoms with E-state index < -0.39 is 15.5 Å². The van der Waals surface area contributed by atoms with Gasteiger partial charge in [0.15, 0.2) is 9.84 Å². The Balaban J connectivity index is 2.46. The molecule has 14 heavy (non-hydrogen) atoms. The molecule has 0 aromatic carbocycles. The van der Waals surface area contributed by atoms with Crippen LogP contribution in [0, 0.1) is 5.92 Å². The van der Waals surface area contributed by atoms with Crippen molar-refractivity contribution in [2.24, 2.45) is 5.92 Å². The first-order valence-electron chi connectivity index (χ1n) is 4.89. The van der Waals surface area contributed by atoms with E-state index in [-0.39, 0.29) is 24.0 Å². The average Bonchev–Trinajstić information content (AvgIpc) is 2.28. The van der Waals surface area contributed by atoms with Crippen molar-refractivity contribution >= 4 is 9.84 Å². The summed E-state index contributed by atoms with van der Waals surface area (Å²) in [5, 5.41) is 2.78. The summed E-state index contributed by atoms with van der Waals surface area (Å²) in [6.45, 7) is 1.80. The molecule has 1 aliphatic rings. The van der Waals surface area contributed by atoms with Gasteiger partial charge in [0.25, 0.3) is 0 Å². The minimum atomic E-state index is -2.87. The van der Waals surface area contributed by atoms with Crippen molar-refractivity contribution in [3.63, 3.8) is 0 Å². The molecule has 2 atom stereocenters. The first-order chi connectivity index (χ1) is 6.35. The Labute approximate surface area is 85.0 Å². The van der Waals surface area contributed by atoms with Crippen LogP contribution >= 0.6 is 0 Å². The van der Waals surface area contributed by atoms with Crippen LogP contribution in [0.15, 0.2) is 0 Å². The molecule has 0 amide bonds. The summed E-state index contributed by atoms with van der Waals surface area (Å²) in [6, 6.07) is 0. The zero-order chi connectivity index (χ0) is 10.8. The monoisotopic (exact) mass is 223 g/mol. The molecule has 0 radical (unpaired) electrons. The van der Waals surface area contributed by atoms with E-state index in [9.17, 15) is 12.8 Å². The van der Waals surface area contributed by atoms with Crippen LogP contribution in [0.25, 0.3) is 0 Å². The Morgan fingerprint density at radius 3 is 2.64 bits per heavy atom. The van der Waals surface area contributed by atoms with E-state index in [1.54, 1.807) is 7.05 Å². The zero-order valence-electron chi connectivity index (χ0n) is 8.72. The Morgan fingerprint density at radius 2 is 2.21 bits per heavy atom. The third kappa shape index (κ3) is 3.53. The molecule has 1 N–H and O–H groups in total. The molecule has 0 aromatic heterocycles. The topological polar surface area (TPSA) is 46.2 Å². The Morgan fingerprint density at radius 1 is 1.57 bits per heavy atom. The van der Waals surface area contributed by atoms with Crippen LogP contribution in [-0.4, -0.2) is 39.2 Å². The third-order valence-electron chi connectivity index (χ3n) is 2.59. The summed E-state index contributed by atoms with van der Waals surface area (Å²) in [4.78, 5) is 0. The lowest BCUT2D eigenvalue weighted by atomic mass is 9.93. The van der Waals surface area contributed by atoms with E-state index in [0.717, 1.165) is 0 Å². The Kier molecular flexibility index (Phi) is 3.53. The maximum absolute atomic E-state index is 13.7. The molecular formula is C9H18FNO2S. The maximum atomic E-state index is 13.7. The standard InChI is InChI=1S/C9H18FNO2S/c1-9(10,7-11-2)5-8-3-4-14(12,13)6-8/h8,11H,3-7H2,1-2H3. The lowest BCUT2D eigenvalue weighted by Crippen LogP contribution is -2.34. The van der Waals surface area contributed by atoms with Gasteiger partial charge in [0.05, 0.1) is 11.5 Å². The van der Waals surface area contributed by atoms with Crippen molar-refractivity contribution < 1.29 is 12.8 Å². The van der Waals surface area contributed by atoms with Crippen LogP contribution in [0.3, 0.4) is 0 Å². The van der Waals surface area contributed by atoms with Gasteiger partial charge < -0.3 is 5.32 Å². The van der Waals surface area contributed by atoms with E-state index >= 15 is 0 Å². The first-order valence-corrected chi connectivity index (χ1v) is 6.71. The molecule has 0 spiro atoms. The SMILES string of the molecule is CNCC(C)(F)CC1CCS(=O)(=O)C1. The van der Waals surface area contributed by atoms with Gasteiger partial charge in [-0.3, -0.25) is 0 Å². The molecule has 1 fully saturated rings. The zero-order valence-corrected chi connectivity index (χ0v) is 9.53. The number of rotatable bonds is 4. The lowest BCUT2D eigenvalue weighted by molar-refractivity contribution is 0.151. The van der Waals surface area contributed by atoms with Crippen LogP contribution < -0.4 is 5.32 Å². The minimum Gasteiger partial charge on any atom is -0.317 e. The number of alkyl halides is 1. The highest BCUT2D eigenvalue weighted by Gasteiger charge is 2.34. The van der Waals surface area contributed by atoms with Gasteiger partial charge in [-0.05, 0) is 32.7 Å².